The van der Waals surface area contributed by atoms with Gasteiger partial charge in [0.25, 0.3) is 0 Å². The number of benzene rings is 2. The average molecular weight is 363 g/mol. The molecule has 0 aliphatic rings. The molecule has 1 heterocycles. The Bertz CT molecular complexity index is 896. The van der Waals surface area contributed by atoms with Crippen molar-refractivity contribution >= 4 is 23.1 Å². The number of ether oxygens (including phenoxy) is 2. The fourth-order valence-electron chi connectivity index (χ4n) is 2.59. The zero-order valence-electron chi connectivity index (χ0n) is 15.2. The number of nitrogens with one attached hydrogen (secondary N) is 2. The molecule has 6 nitrogen and oxygen atoms in total. The van der Waals surface area contributed by atoms with E-state index in [1.165, 1.54) is 0 Å². The van der Waals surface area contributed by atoms with E-state index in [-0.39, 0.29) is 5.91 Å². The average Bonchev–Trinajstić information content (AvgIpc) is 2.70. The van der Waals surface area contributed by atoms with Crippen molar-refractivity contribution in [3.63, 3.8) is 0 Å². The molecule has 0 fully saturated rings. The molecule has 1 aromatic heterocycles. The minimum Gasteiger partial charge on any atom is -0.493 e. The summed E-state index contributed by atoms with van der Waals surface area (Å²) in [5.41, 5.74) is 2.60. The Balaban J connectivity index is 1.61. The first-order valence-corrected chi connectivity index (χ1v) is 8.47. The van der Waals surface area contributed by atoms with Crippen LogP contribution in [-0.4, -0.2) is 25.1 Å². The number of amides is 1. The van der Waals surface area contributed by atoms with Gasteiger partial charge in [0, 0.05) is 11.8 Å². The molecule has 0 unspecified atom stereocenters. The van der Waals surface area contributed by atoms with Gasteiger partial charge in [-0.1, -0.05) is 30.3 Å². The van der Waals surface area contributed by atoms with E-state index < -0.39 is 0 Å². The summed E-state index contributed by atoms with van der Waals surface area (Å²) in [5.74, 6) is 1.71. The van der Waals surface area contributed by atoms with Gasteiger partial charge >= 0.3 is 0 Å². The van der Waals surface area contributed by atoms with Crippen LogP contribution in [0.4, 0.5) is 17.2 Å². The van der Waals surface area contributed by atoms with Crippen LogP contribution in [0.25, 0.3) is 0 Å². The second kappa shape index (κ2) is 8.71. The van der Waals surface area contributed by atoms with Crippen LogP contribution in [-0.2, 0) is 11.2 Å². The van der Waals surface area contributed by atoms with Gasteiger partial charge in [0.15, 0.2) is 11.5 Å². The van der Waals surface area contributed by atoms with E-state index in [9.17, 15) is 4.79 Å². The van der Waals surface area contributed by atoms with Gasteiger partial charge in [-0.3, -0.25) is 4.79 Å². The highest BCUT2D eigenvalue weighted by Crippen LogP contribution is 2.31. The monoisotopic (exact) mass is 363 g/mol. The van der Waals surface area contributed by atoms with E-state index >= 15 is 0 Å². The summed E-state index contributed by atoms with van der Waals surface area (Å²) in [7, 11) is 3.19. The molecule has 0 aliphatic carbocycles. The second-order valence-electron chi connectivity index (χ2n) is 5.84. The zero-order valence-corrected chi connectivity index (χ0v) is 15.2. The highest BCUT2D eigenvalue weighted by atomic mass is 16.5. The van der Waals surface area contributed by atoms with Crippen molar-refractivity contribution < 1.29 is 14.3 Å². The minimum atomic E-state index is -0.103. The van der Waals surface area contributed by atoms with E-state index in [4.69, 9.17) is 9.47 Å². The van der Waals surface area contributed by atoms with Crippen molar-refractivity contribution in [1.82, 2.24) is 4.98 Å². The molecule has 2 aromatic carbocycles. The number of aromatic nitrogens is 1. The van der Waals surface area contributed by atoms with Crippen LogP contribution >= 0.6 is 0 Å². The number of anilines is 3. The first kappa shape index (κ1) is 18.3. The van der Waals surface area contributed by atoms with Gasteiger partial charge in [-0.2, -0.15) is 0 Å². The Hall–Kier alpha value is -3.54. The molecular formula is C21H21N3O3. The molecular weight excluding hydrogens is 342 g/mol. The quantitative estimate of drug-likeness (QED) is 0.663. The van der Waals surface area contributed by atoms with Crippen molar-refractivity contribution in [2.24, 2.45) is 0 Å². The number of nitrogens with zero attached hydrogens (tertiary/aromatic N) is 1. The van der Waals surface area contributed by atoms with Crippen LogP contribution in [0.3, 0.4) is 0 Å². The van der Waals surface area contributed by atoms with Crippen molar-refractivity contribution in [2.75, 3.05) is 24.9 Å². The molecule has 0 aliphatic heterocycles. The number of pyridine rings is 1. The Morgan fingerprint density at radius 3 is 2.33 bits per heavy atom. The summed E-state index contributed by atoms with van der Waals surface area (Å²) < 4.78 is 10.5. The number of hydrogen-bond acceptors (Lipinski definition) is 5. The Kier molecular flexibility index (Phi) is 5.89. The van der Waals surface area contributed by atoms with Crippen molar-refractivity contribution in [1.29, 1.82) is 0 Å². The van der Waals surface area contributed by atoms with Gasteiger partial charge in [-0.25, -0.2) is 4.98 Å². The van der Waals surface area contributed by atoms with Crippen LogP contribution in [0.1, 0.15) is 5.56 Å². The van der Waals surface area contributed by atoms with E-state index in [1.807, 2.05) is 54.6 Å². The van der Waals surface area contributed by atoms with Gasteiger partial charge < -0.3 is 20.1 Å². The van der Waals surface area contributed by atoms with Gasteiger partial charge in [0.1, 0.15) is 5.82 Å². The number of methoxy groups -OCH3 is 2. The first-order chi connectivity index (χ1) is 13.2. The van der Waals surface area contributed by atoms with E-state index in [0.29, 0.717) is 23.7 Å². The summed E-state index contributed by atoms with van der Waals surface area (Å²) >= 11 is 0. The number of rotatable bonds is 7. The summed E-state index contributed by atoms with van der Waals surface area (Å²) in [5, 5.41) is 6.04. The molecule has 0 radical (unpaired) electrons. The van der Waals surface area contributed by atoms with Crippen molar-refractivity contribution in [3.8, 4) is 11.5 Å². The maximum Gasteiger partial charge on any atom is 0.229 e. The number of hydrogen-bond donors (Lipinski definition) is 2. The summed E-state index contributed by atoms with van der Waals surface area (Å²) in [4.78, 5) is 16.4. The van der Waals surface area contributed by atoms with Crippen LogP contribution in [0, 0.1) is 0 Å². The molecule has 2 N–H and O–H groups in total. The zero-order chi connectivity index (χ0) is 19.1. The molecule has 0 saturated carbocycles. The topological polar surface area (TPSA) is 72.5 Å². The van der Waals surface area contributed by atoms with Crippen LogP contribution in [0.2, 0.25) is 0 Å². The summed E-state index contributed by atoms with van der Waals surface area (Å²) in [6, 6.07) is 18.7. The molecule has 138 valence electrons. The SMILES string of the molecule is COc1ccc(Nc2ccc(NC(=O)Cc3ccccc3)nc2)cc1OC. The minimum absolute atomic E-state index is 0.103. The van der Waals surface area contributed by atoms with Crippen LogP contribution in [0.15, 0.2) is 66.9 Å². The molecule has 0 bridgehead atoms. The lowest BCUT2D eigenvalue weighted by Gasteiger charge is -2.11. The molecule has 3 rings (SSSR count). The normalized spacial score (nSPS) is 10.1. The maximum absolute atomic E-state index is 12.1. The Morgan fingerprint density at radius 2 is 1.67 bits per heavy atom. The van der Waals surface area contributed by atoms with Gasteiger partial charge in [0.2, 0.25) is 5.91 Å². The van der Waals surface area contributed by atoms with E-state index in [0.717, 1.165) is 16.9 Å². The Morgan fingerprint density at radius 1 is 0.926 bits per heavy atom. The van der Waals surface area contributed by atoms with Gasteiger partial charge in [-0.05, 0) is 29.8 Å². The second-order valence-corrected chi connectivity index (χ2v) is 5.84. The highest BCUT2D eigenvalue weighted by Gasteiger charge is 2.07. The predicted molar refractivity (Wildman–Crippen MR) is 106 cm³/mol. The molecule has 0 spiro atoms. The number of carbonyl (C=O) groups excluding carboxylic acids is 1. The smallest absolute Gasteiger partial charge is 0.229 e. The van der Waals surface area contributed by atoms with E-state index in [2.05, 4.69) is 15.6 Å². The van der Waals surface area contributed by atoms with Gasteiger partial charge in [0.05, 0.1) is 32.5 Å². The Labute approximate surface area is 158 Å². The lowest BCUT2D eigenvalue weighted by molar-refractivity contribution is -0.115. The molecule has 0 atom stereocenters. The molecule has 1 amide bonds. The predicted octanol–water partition coefficient (Wildman–Crippen LogP) is 4.02. The van der Waals surface area contributed by atoms with Crippen molar-refractivity contribution in [2.45, 2.75) is 6.42 Å². The number of carbonyl (C=O) groups is 1. The van der Waals surface area contributed by atoms with Crippen molar-refractivity contribution in [3.05, 3.63) is 72.4 Å². The lowest BCUT2D eigenvalue weighted by atomic mass is 10.1. The summed E-state index contributed by atoms with van der Waals surface area (Å²) in [6.07, 6.45) is 1.98. The van der Waals surface area contributed by atoms with Gasteiger partial charge in [-0.15, -0.1) is 0 Å². The standard InChI is InChI=1S/C21H21N3O3/c1-26-18-10-8-16(13-19(18)27-2)23-17-9-11-20(22-14-17)24-21(25)12-15-6-4-3-5-7-15/h3-11,13-14,23H,12H2,1-2H3,(H,22,24,25). The fraction of sp³-hybridized carbons (Fsp3) is 0.143. The first-order valence-electron chi connectivity index (χ1n) is 8.47. The third kappa shape index (κ3) is 4.98. The molecule has 3 aromatic rings. The third-order valence-electron chi connectivity index (χ3n) is 3.91. The molecule has 6 heteroatoms. The fourth-order valence-corrected chi connectivity index (χ4v) is 2.59. The van der Waals surface area contributed by atoms with E-state index in [1.54, 1.807) is 26.5 Å². The lowest BCUT2D eigenvalue weighted by Crippen LogP contribution is -2.15. The molecule has 0 saturated heterocycles. The highest BCUT2D eigenvalue weighted by molar-refractivity contribution is 5.91. The third-order valence-corrected chi connectivity index (χ3v) is 3.91. The summed E-state index contributed by atoms with van der Waals surface area (Å²) in [6.45, 7) is 0. The molecule has 27 heavy (non-hydrogen) atoms. The van der Waals surface area contributed by atoms with Crippen LogP contribution in [0.5, 0.6) is 11.5 Å². The largest absolute Gasteiger partial charge is 0.493 e. The maximum atomic E-state index is 12.1. The van der Waals surface area contributed by atoms with Crippen LogP contribution < -0.4 is 20.1 Å².